The van der Waals surface area contributed by atoms with E-state index in [0.29, 0.717) is 27.3 Å². The van der Waals surface area contributed by atoms with Crippen LogP contribution in [0.4, 0.5) is 4.39 Å². The van der Waals surface area contributed by atoms with Crippen LogP contribution in [0.5, 0.6) is 5.75 Å². The topological polar surface area (TPSA) is 67.9 Å². The van der Waals surface area contributed by atoms with Gasteiger partial charge in [0.25, 0.3) is 0 Å². The molecule has 25 heavy (non-hydrogen) atoms. The number of carbonyl (C=O) groups is 1. The van der Waals surface area contributed by atoms with E-state index in [0.717, 1.165) is 11.8 Å². The quantitative estimate of drug-likeness (QED) is 0.514. The minimum absolute atomic E-state index is 0.0326. The minimum Gasteiger partial charge on any atom is -0.496 e. The summed E-state index contributed by atoms with van der Waals surface area (Å²) in [5.74, 6) is 0.243. The highest BCUT2D eigenvalue weighted by Crippen LogP contribution is 2.31. The second-order valence-electron chi connectivity index (χ2n) is 5.00. The third-order valence-corrected chi connectivity index (χ3v) is 4.47. The van der Waals surface area contributed by atoms with Gasteiger partial charge in [-0.25, -0.2) is 9.37 Å². The molecule has 5 nitrogen and oxygen atoms in total. The summed E-state index contributed by atoms with van der Waals surface area (Å²) in [6, 6.07) is 11.0. The maximum atomic E-state index is 13.6. The van der Waals surface area contributed by atoms with Crippen LogP contribution in [0, 0.1) is 5.82 Å². The molecule has 0 atom stereocenters. The first-order valence-corrected chi connectivity index (χ1v) is 8.61. The van der Waals surface area contributed by atoms with Crippen molar-refractivity contribution in [3.05, 3.63) is 58.9 Å². The Morgan fingerprint density at radius 2 is 2.12 bits per heavy atom. The highest BCUT2D eigenvalue weighted by atomic mass is 35.5. The molecule has 0 amide bonds. The van der Waals surface area contributed by atoms with Crippen LogP contribution in [0.15, 0.2) is 47.6 Å². The molecule has 0 saturated heterocycles. The summed E-state index contributed by atoms with van der Waals surface area (Å²) in [5, 5.41) is 7.78. The van der Waals surface area contributed by atoms with Crippen molar-refractivity contribution >= 4 is 29.1 Å². The molecule has 0 spiro atoms. The summed E-state index contributed by atoms with van der Waals surface area (Å²) < 4.78 is 18.9. The highest BCUT2D eigenvalue weighted by Gasteiger charge is 2.15. The Kier molecular flexibility index (Phi) is 5.35. The smallest absolute Gasteiger partial charge is 0.209 e. The highest BCUT2D eigenvalue weighted by molar-refractivity contribution is 7.99. The Morgan fingerprint density at radius 3 is 2.88 bits per heavy atom. The Hall–Kier alpha value is -2.38. The third-order valence-electron chi connectivity index (χ3n) is 3.39. The Bertz CT molecular complexity index is 916. The predicted octanol–water partition coefficient (Wildman–Crippen LogP) is 4.25. The van der Waals surface area contributed by atoms with Gasteiger partial charge in [-0.2, -0.15) is 0 Å². The van der Waals surface area contributed by atoms with E-state index in [1.165, 1.54) is 12.1 Å². The van der Waals surface area contributed by atoms with Crippen molar-refractivity contribution in [2.75, 3.05) is 12.9 Å². The summed E-state index contributed by atoms with van der Waals surface area (Å²) in [7, 11) is 1.55. The normalized spacial score (nSPS) is 10.7. The Morgan fingerprint density at radius 1 is 1.32 bits per heavy atom. The number of methoxy groups -OCH3 is 1. The van der Waals surface area contributed by atoms with E-state index in [-0.39, 0.29) is 17.1 Å². The number of thioether (sulfide) groups is 1. The van der Waals surface area contributed by atoms with Gasteiger partial charge in [-0.1, -0.05) is 35.5 Å². The number of hydrogen-bond acceptors (Lipinski definition) is 5. The zero-order chi connectivity index (χ0) is 17.8. The lowest BCUT2D eigenvalue weighted by molar-refractivity contribution is 0.101. The van der Waals surface area contributed by atoms with Crippen LogP contribution in [0.25, 0.3) is 11.4 Å². The number of nitrogens with zero attached hydrogens (tertiary/aromatic N) is 2. The molecule has 0 unspecified atom stereocenters. The maximum Gasteiger partial charge on any atom is 0.209 e. The number of aromatic nitrogens is 3. The zero-order valence-corrected chi connectivity index (χ0v) is 14.7. The fraction of sp³-hybridized carbons (Fsp3) is 0.118. The van der Waals surface area contributed by atoms with Crippen molar-refractivity contribution in [2.24, 2.45) is 0 Å². The fourth-order valence-electron chi connectivity index (χ4n) is 2.19. The molecule has 128 valence electrons. The van der Waals surface area contributed by atoms with E-state index in [2.05, 4.69) is 15.2 Å². The van der Waals surface area contributed by atoms with Gasteiger partial charge in [0.2, 0.25) is 5.16 Å². The first-order chi connectivity index (χ1) is 12.1. The molecule has 0 aliphatic carbocycles. The second-order valence-corrected chi connectivity index (χ2v) is 6.38. The largest absolute Gasteiger partial charge is 0.496 e. The van der Waals surface area contributed by atoms with E-state index in [1.54, 1.807) is 37.4 Å². The standard InChI is InChI=1S/C17H13ClFN3O2S/c1-24-15-7-6-10(18)8-12(15)16-20-17(22-21-16)25-9-14(23)11-4-2-3-5-13(11)19/h2-8H,9H2,1H3,(H,20,21,22). The number of halogens is 2. The third kappa shape index (κ3) is 4.00. The first kappa shape index (κ1) is 17.4. The van der Waals surface area contributed by atoms with Crippen LogP contribution in [0.1, 0.15) is 10.4 Å². The lowest BCUT2D eigenvalue weighted by Gasteiger charge is -2.05. The van der Waals surface area contributed by atoms with Crippen LogP contribution in [0.2, 0.25) is 5.02 Å². The van der Waals surface area contributed by atoms with Crippen molar-refractivity contribution in [2.45, 2.75) is 5.16 Å². The van der Waals surface area contributed by atoms with Crippen molar-refractivity contribution < 1.29 is 13.9 Å². The number of ether oxygens (including phenoxy) is 1. The SMILES string of the molecule is COc1ccc(Cl)cc1-c1nc(SCC(=O)c2ccccc2F)n[nH]1. The van der Waals surface area contributed by atoms with Crippen molar-refractivity contribution in [3.8, 4) is 17.1 Å². The zero-order valence-electron chi connectivity index (χ0n) is 13.1. The molecule has 1 heterocycles. The minimum atomic E-state index is -0.535. The van der Waals surface area contributed by atoms with Gasteiger partial charge in [0.15, 0.2) is 11.6 Å². The molecule has 0 aliphatic rings. The number of nitrogens with one attached hydrogen (secondary N) is 1. The Labute approximate surface area is 152 Å². The van der Waals surface area contributed by atoms with Gasteiger partial charge < -0.3 is 4.74 Å². The molecule has 0 fully saturated rings. The molecular formula is C17H13ClFN3O2S. The number of aromatic amines is 1. The van der Waals surface area contributed by atoms with Crippen molar-refractivity contribution in [1.82, 2.24) is 15.2 Å². The van der Waals surface area contributed by atoms with E-state index in [4.69, 9.17) is 16.3 Å². The number of hydrogen-bond donors (Lipinski definition) is 1. The van der Waals surface area contributed by atoms with E-state index < -0.39 is 5.82 Å². The summed E-state index contributed by atoms with van der Waals surface area (Å²) in [5.41, 5.74) is 0.719. The van der Waals surface area contributed by atoms with Crippen LogP contribution in [-0.4, -0.2) is 33.8 Å². The lowest BCUT2D eigenvalue weighted by Crippen LogP contribution is -2.05. The molecule has 3 aromatic rings. The summed E-state index contributed by atoms with van der Waals surface area (Å²) in [4.78, 5) is 16.4. The van der Waals surface area contributed by atoms with Gasteiger partial charge in [0.05, 0.1) is 24.0 Å². The average molecular weight is 378 g/mol. The summed E-state index contributed by atoms with van der Waals surface area (Å²) >= 11 is 7.13. The van der Waals surface area contributed by atoms with Gasteiger partial charge in [-0.3, -0.25) is 9.89 Å². The van der Waals surface area contributed by atoms with Gasteiger partial charge in [-0.05, 0) is 30.3 Å². The van der Waals surface area contributed by atoms with E-state index >= 15 is 0 Å². The maximum absolute atomic E-state index is 13.6. The van der Waals surface area contributed by atoms with Gasteiger partial charge >= 0.3 is 0 Å². The van der Waals surface area contributed by atoms with Crippen LogP contribution < -0.4 is 4.74 Å². The molecule has 0 saturated carbocycles. The van der Waals surface area contributed by atoms with Gasteiger partial charge in [-0.15, -0.1) is 5.10 Å². The van der Waals surface area contributed by atoms with Crippen LogP contribution >= 0.6 is 23.4 Å². The molecule has 3 rings (SSSR count). The molecule has 1 aromatic heterocycles. The Balaban J connectivity index is 1.74. The number of rotatable bonds is 6. The van der Waals surface area contributed by atoms with Crippen LogP contribution in [0.3, 0.4) is 0 Å². The fourth-order valence-corrected chi connectivity index (χ4v) is 3.05. The molecule has 0 radical (unpaired) electrons. The predicted molar refractivity (Wildman–Crippen MR) is 94.8 cm³/mol. The molecule has 0 aliphatic heterocycles. The molecule has 0 bridgehead atoms. The van der Waals surface area contributed by atoms with Gasteiger partial charge in [0.1, 0.15) is 11.6 Å². The molecule has 2 aromatic carbocycles. The second kappa shape index (κ2) is 7.67. The van der Waals surface area contributed by atoms with Crippen molar-refractivity contribution in [3.63, 3.8) is 0 Å². The average Bonchev–Trinajstić information content (AvgIpc) is 3.09. The van der Waals surface area contributed by atoms with Gasteiger partial charge in [0, 0.05) is 5.02 Å². The number of carbonyl (C=O) groups excluding carboxylic acids is 1. The number of Topliss-reactive ketones (excluding diaryl/α,β-unsaturated/α-hetero) is 1. The van der Waals surface area contributed by atoms with E-state index in [1.807, 2.05) is 0 Å². The number of benzene rings is 2. The van der Waals surface area contributed by atoms with E-state index in [9.17, 15) is 9.18 Å². The first-order valence-electron chi connectivity index (χ1n) is 7.25. The van der Waals surface area contributed by atoms with Crippen molar-refractivity contribution in [1.29, 1.82) is 0 Å². The lowest BCUT2D eigenvalue weighted by atomic mass is 10.1. The van der Waals surface area contributed by atoms with Crippen LogP contribution in [-0.2, 0) is 0 Å². The molecule has 8 heteroatoms. The number of H-pyrrole nitrogens is 1. The monoisotopic (exact) mass is 377 g/mol. The molecular weight excluding hydrogens is 365 g/mol. The summed E-state index contributed by atoms with van der Waals surface area (Å²) in [6.07, 6.45) is 0. The molecule has 1 N–H and O–H groups in total. The number of ketones is 1. The summed E-state index contributed by atoms with van der Waals surface area (Å²) in [6.45, 7) is 0.